The van der Waals surface area contributed by atoms with Gasteiger partial charge in [-0.05, 0) is 64.3 Å². The topological polar surface area (TPSA) is 12.0 Å². The third-order valence-electron chi connectivity index (χ3n) is 3.96. The van der Waals surface area contributed by atoms with Crippen LogP contribution in [0.2, 0.25) is 0 Å². The molecule has 3 atom stereocenters. The molecule has 3 unspecified atom stereocenters. The fraction of sp³-hybridized carbons (Fsp3) is 0.875. The predicted octanol–water partition coefficient (Wildman–Crippen LogP) is 3.84. The van der Waals surface area contributed by atoms with Gasteiger partial charge in [0.05, 0.1) is 0 Å². The van der Waals surface area contributed by atoms with Gasteiger partial charge in [-0.2, -0.15) is 0 Å². The Bertz CT molecular complexity index is 256. The molecule has 1 N–H and O–H groups in total. The van der Waals surface area contributed by atoms with Crippen LogP contribution in [0.15, 0.2) is 0 Å². The van der Waals surface area contributed by atoms with Crippen molar-refractivity contribution in [3.05, 3.63) is 0 Å². The van der Waals surface area contributed by atoms with E-state index in [1.54, 1.807) is 0 Å². The lowest BCUT2D eigenvalue weighted by Gasteiger charge is -2.36. The van der Waals surface area contributed by atoms with Crippen LogP contribution in [0.1, 0.15) is 59.8 Å². The van der Waals surface area contributed by atoms with Gasteiger partial charge in [-0.25, -0.2) is 0 Å². The third kappa shape index (κ3) is 5.59. The molecule has 1 saturated carbocycles. The summed E-state index contributed by atoms with van der Waals surface area (Å²) in [5, 5.41) is 3.66. The van der Waals surface area contributed by atoms with Gasteiger partial charge in [-0.3, -0.25) is 0 Å². The SMILES string of the molecule is C#CCCC1CC(C)CCC1CNC(C)(C)C. The molecule has 0 aromatic rings. The number of nitrogens with one attached hydrogen (secondary N) is 1. The smallest absolute Gasteiger partial charge is 0.00966 e. The second-order valence-electron chi connectivity index (χ2n) is 6.81. The number of rotatable bonds is 4. The molecule has 0 amide bonds. The molecule has 1 aliphatic carbocycles. The highest BCUT2D eigenvalue weighted by Gasteiger charge is 2.28. The lowest BCUT2D eigenvalue weighted by atomic mass is 9.72. The molecule has 98 valence electrons. The van der Waals surface area contributed by atoms with E-state index in [1.165, 1.54) is 25.7 Å². The minimum absolute atomic E-state index is 0.236. The number of hydrogen-bond acceptors (Lipinski definition) is 1. The van der Waals surface area contributed by atoms with E-state index < -0.39 is 0 Å². The molecule has 0 radical (unpaired) electrons. The minimum Gasteiger partial charge on any atom is -0.312 e. The first-order valence-electron chi connectivity index (χ1n) is 7.11. The fourth-order valence-electron chi connectivity index (χ4n) is 2.89. The van der Waals surface area contributed by atoms with Gasteiger partial charge in [0.25, 0.3) is 0 Å². The molecular formula is C16H29N. The molecule has 1 fully saturated rings. The van der Waals surface area contributed by atoms with Gasteiger partial charge in [0, 0.05) is 12.0 Å². The standard InChI is InChI=1S/C16H29N/c1-6-7-8-14-11-13(2)9-10-15(14)12-17-16(3,4)5/h1,13-15,17H,7-12H2,2-5H3. The fourth-order valence-corrected chi connectivity index (χ4v) is 2.89. The zero-order chi connectivity index (χ0) is 12.9. The van der Waals surface area contributed by atoms with Crippen LogP contribution >= 0.6 is 0 Å². The first-order chi connectivity index (χ1) is 7.92. The van der Waals surface area contributed by atoms with Crippen molar-refractivity contribution in [3.8, 4) is 12.3 Å². The maximum atomic E-state index is 5.40. The van der Waals surface area contributed by atoms with Crippen molar-refractivity contribution in [1.29, 1.82) is 0 Å². The molecule has 1 heteroatoms. The highest BCUT2D eigenvalue weighted by molar-refractivity contribution is 4.88. The monoisotopic (exact) mass is 235 g/mol. The molecular weight excluding hydrogens is 206 g/mol. The molecule has 17 heavy (non-hydrogen) atoms. The summed E-state index contributed by atoms with van der Waals surface area (Å²) >= 11 is 0. The van der Waals surface area contributed by atoms with Crippen molar-refractivity contribution >= 4 is 0 Å². The average molecular weight is 235 g/mol. The van der Waals surface area contributed by atoms with E-state index in [9.17, 15) is 0 Å². The summed E-state index contributed by atoms with van der Waals surface area (Å²) in [6, 6.07) is 0. The van der Waals surface area contributed by atoms with Crippen LogP contribution < -0.4 is 5.32 Å². The van der Waals surface area contributed by atoms with Crippen molar-refractivity contribution in [3.63, 3.8) is 0 Å². The van der Waals surface area contributed by atoms with Crippen molar-refractivity contribution in [1.82, 2.24) is 5.32 Å². The summed E-state index contributed by atoms with van der Waals surface area (Å²) in [7, 11) is 0. The van der Waals surface area contributed by atoms with Gasteiger partial charge >= 0.3 is 0 Å². The molecule has 1 rings (SSSR count). The summed E-state index contributed by atoms with van der Waals surface area (Å²) in [6.45, 7) is 10.3. The van der Waals surface area contributed by atoms with E-state index in [2.05, 4.69) is 38.9 Å². The summed E-state index contributed by atoms with van der Waals surface area (Å²) < 4.78 is 0. The molecule has 0 heterocycles. The van der Waals surface area contributed by atoms with Crippen molar-refractivity contribution in [2.45, 2.75) is 65.3 Å². The van der Waals surface area contributed by atoms with Gasteiger partial charge in [0.2, 0.25) is 0 Å². The van der Waals surface area contributed by atoms with Crippen LogP contribution in [0.4, 0.5) is 0 Å². The normalized spacial score (nSPS) is 29.9. The highest BCUT2D eigenvalue weighted by Crippen LogP contribution is 2.36. The van der Waals surface area contributed by atoms with Gasteiger partial charge in [-0.15, -0.1) is 12.3 Å². The molecule has 1 nitrogen and oxygen atoms in total. The maximum absolute atomic E-state index is 5.40. The predicted molar refractivity (Wildman–Crippen MR) is 75.8 cm³/mol. The lowest BCUT2D eigenvalue weighted by molar-refractivity contribution is 0.167. The van der Waals surface area contributed by atoms with Crippen LogP contribution in [-0.2, 0) is 0 Å². The molecule has 1 aliphatic rings. The zero-order valence-electron chi connectivity index (χ0n) is 12.1. The highest BCUT2D eigenvalue weighted by atomic mass is 14.9. The number of hydrogen-bond donors (Lipinski definition) is 1. The van der Waals surface area contributed by atoms with Gasteiger partial charge < -0.3 is 5.32 Å². The Morgan fingerprint density at radius 1 is 1.24 bits per heavy atom. The molecule has 0 saturated heterocycles. The van der Waals surface area contributed by atoms with E-state index >= 15 is 0 Å². The summed E-state index contributed by atoms with van der Waals surface area (Å²) in [5.41, 5.74) is 0.236. The van der Waals surface area contributed by atoms with Crippen LogP contribution in [0, 0.1) is 30.1 Å². The lowest BCUT2D eigenvalue weighted by Crippen LogP contribution is -2.42. The molecule has 0 aliphatic heterocycles. The van der Waals surface area contributed by atoms with E-state index in [0.717, 1.165) is 30.7 Å². The Balaban J connectivity index is 2.46. The van der Waals surface area contributed by atoms with Crippen molar-refractivity contribution in [2.75, 3.05) is 6.54 Å². The quantitative estimate of drug-likeness (QED) is 0.730. The van der Waals surface area contributed by atoms with Crippen LogP contribution in [0.25, 0.3) is 0 Å². The largest absolute Gasteiger partial charge is 0.312 e. The third-order valence-corrected chi connectivity index (χ3v) is 3.96. The summed E-state index contributed by atoms with van der Waals surface area (Å²) in [5.74, 6) is 5.36. The van der Waals surface area contributed by atoms with Gasteiger partial charge in [-0.1, -0.05) is 13.3 Å². The first-order valence-corrected chi connectivity index (χ1v) is 7.11. The Morgan fingerprint density at radius 3 is 2.53 bits per heavy atom. The van der Waals surface area contributed by atoms with Gasteiger partial charge in [0.1, 0.15) is 0 Å². The Labute approximate surface area is 108 Å². The van der Waals surface area contributed by atoms with Crippen molar-refractivity contribution in [2.24, 2.45) is 17.8 Å². The van der Waals surface area contributed by atoms with Gasteiger partial charge in [0.15, 0.2) is 0 Å². The van der Waals surface area contributed by atoms with E-state index in [0.29, 0.717) is 0 Å². The first kappa shape index (κ1) is 14.6. The Kier molecular flexibility index (Phi) is 5.53. The van der Waals surface area contributed by atoms with Crippen LogP contribution in [0.3, 0.4) is 0 Å². The average Bonchev–Trinajstić information content (AvgIpc) is 2.23. The van der Waals surface area contributed by atoms with Crippen molar-refractivity contribution < 1.29 is 0 Å². The Hall–Kier alpha value is -0.480. The molecule has 0 bridgehead atoms. The summed E-state index contributed by atoms with van der Waals surface area (Å²) in [6.07, 6.45) is 11.7. The second kappa shape index (κ2) is 6.45. The van der Waals surface area contributed by atoms with Crippen LogP contribution in [-0.4, -0.2) is 12.1 Å². The molecule has 0 aromatic carbocycles. The molecule has 0 aromatic heterocycles. The molecule has 0 spiro atoms. The zero-order valence-corrected chi connectivity index (χ0v) is 12.1. The van der Waals surface area contributed by atoms with Crippen LogP contribution in [0.5, 0.6) is 0 Å². The Morgan fingerprint density at radius 2 is 1.94 bits per heavy atom. The summed E-state index contributed by atoms with van der Waals surface area (Å²) in [4.78, 5) is 0. The number of terminal acetylenes is 1. The maximum Gasteiger partial charge on any atom is 0.00966 e. The van der Waals surface area contributed by atoms with E-state index in [1.807, 2.05) is 0 Å². The second-order valence-corrected chi connectivity index (χ2v) is 6.81. The van der Waals surface area contributed by atoms with E-state index in [-0.39, 0.29) is 5.54 Å². The van der Waals surface area contributed by atoms with E-state index in [4.69, 9.17) is 6.42 Å². The minimum atomic E-state index is 0.236.